The van der Waals surface area contributed by atoms with Crippen molar-refractivity contribution in [2.75, 3.05) is 19.7 Å². The molecule has 17 heavy (non-hydrogen) atoms. The van der Waals surface area contributed by atoms with Gasteiger partial charge in [-0.05, 0) is 17.5 Å². The molecule has 4 nitrogen and oxygen atoms in total. The van der Waals surface area contributed by atoms with E-state index in [9.17, 15) is 4.79 Å². The van der Waals surface area contributed by atoms with Crippen molar-refractivity contribution in [3.8, 4) is 0 Å². The highest BCUT2D eigenvalue weighted by molar-refractivity contribution is 5.85. The molecule has 0 radical (unpaired) electrons. The third-order valence-corrected chi connectivity index (χ3v) is 2.68. The molecular weight excluding hydrogens is 240 g/mol. The van der Waals surface area contributed by atoms with Crippen molar-refractivity contribution in [1.82, 2.24) is 5.32 Å². The van der Waals surface area contributed by atoms with E-state index in [2.05, 4.69) is 5.32 Å². The molecule has 1 unspecified atom stereocenters. The highest BCUT2D eigenvalue weighted by atomic mass is 35.5. The van der Waals surface area contributed by atoms with Gasteiger partial charge in [0.1, 0.15) is 0 Å². The van der Waals surface area contributed by atoms with Gasteiger partial charge in [0.05, 0.1) is 6.61 Å². The molecule has 0 fully saturated rings. The second-order valence-corrected chi connectivity index (χ2v) is 3.78. The normalized spacial score (nSPS) is 17.8. The number of ether oxygens (including phenoxy) is 1. The highest BCUT2D eigenvalue weighted by Gasteiger charge is 2.26. The van der Waals surface area contributed by atoms with Crippen molar-refractivity contribution in [2.45, 2.75) is 12.5 Å². The molecule has 0 saturated heterocycles. The Balaban J connectivity index is 0.00000144. The predicted molar refractivity (Wildman–Crippen MR) is 68.2 cm³/mol. The van der Waals surface area contributed by atoms with E-state index < -0.39 is 6.10 Å². The lowest BCUT2D eigenvalue weighted by molar-refractivity contribution is -0.134. The Morgan fingerprint density at radius 3 is 3.00 bits per heavy atom. The summed E-state index contributed by atoms with van der Waals surface area (Å²) in [5.41, 5.74) is 7.52. The van der Waals surface area contributed by atoms with Gasteiger partial charge >= 0.3 is 0 Å². The number of nitrogens with one attached hydrogen (secondary N) is 1. The summed E-state index contributed by atoms with van der Waals surface area (Å²) < 4.78 is 5.51. The van der Waals surface area contributed by atoms with Crippen molar-refractivity contribution in [1.29, 1.82) is 0 Å². The smallest absolute Gasteiger partial charge is 0.253 e. The van der Waals surface area contributed by atoms with Crippen LogP contribution in [0.15, 0.2) is 24.3 Å². The first kappa shape index (κ1) is 14.0. The number of fused-ring (bicyclic) bond motifs is 1. The van der Waals surface area contributed by atoms with Gasteiger partial charge < -0.3 is 15.8 Å². The molecule has 1 atom stereocenters. The molecule has 1 heterocycles. The van der Waals surface area contributed by atoms with Crippen LogP contribution >= 0.6 is 12.4 Å². The van der Waals surface area contributed by atoms with Crippen LogP contribution in [0.4, 0.5) is 0 Å². The SMILES string of the molecule is Cl.NCCNC(=O)C1OCCc2ccccc21. The first-order valence-corrected chi connectivity index (χ1v) is 5.50. The van der Waals surface area contributed by atoms with Crippen LogP contribution in [0.3, 0.4) is 0 Å². The Hall–Kier alpha value is -1.10. The highest BCUT2D eigenvalue weighted by Crippen LogP contribution is 2.26. The van der Waals surface area contributed by atoms with E-state index in [4.69, 9.17) is 10.5 Å². The quantitative estimate of drug-likeness (QED) is 0.841. The molecule has 2 rings (SSSR count). The van der Waals surface area contributed by atoms with Gasteiger partial charge in [-0.1, -0.05) is 24.3 Å². The van der Waals surface area contributed by atoms with Crippen molar-refractivity contribution in [2.24, 2.45) is 5.73 Å². The average Bonchev–Trinajstić information content (AvgIpc) is 2.35. The van der Waals surface area contributed by atoms with E-state index in [-0.39, 0.29) is 18.3 Å². The number of nitrogens with two attached hydrogens (primary N) is 1. The fraction of sp³-hybridized carbons (Fsp3) is 0.417. The number of benzene rings is 1. The van der Waals surface area contributed by atoms with E-state index in [0.29, 0.717) is 19.7 Å². The summed E-state index contributed by atoms with van der Waals surface area (Å²) in [7, 11) is 0. The number of carbonyl (C=O) groups is 1. The van der Waals surface area contributed by atoms with Crippen molar-refractivity contribution < 1.29 is 9.53 Å². The zero-order valence-corrected chi connectivity index (χ0v) is 10.3. The minimum absolute atomic E-state index is 0. The van der Waals surface area contributed by atoms with E-state index >= 15 is 0 Å². The second-order valence-electron chi connectivity index (χ2n) is 3.78. The fourth-order valence-corrected chi connectivity index (χ4v) is 1.90. The number of hydrogen-bond acceptors (Lipinski definition) is 3. The Bertz CT molecular complexity index is 385. The first-order valence-electron chi connectivity index (χ1n) is 5.50. The van der Waals surface area contributed by atoms with Crippen LogP contribution in [0.1, 0.15) is 17.2 Å². The number of amides is 1. The molecule has 0 bridgehead atoms. The minimum Gasteiger partial charge on any atom is -0.363 e. The molecule has 0 aliphatic carbocycles. The van der Waals surface area contributed by atoms with Gasteiger partial charge in [-0.25, -0.2) is 0 Å². The maximum absolute atomic E-state index is 11.8. The summed E-state index contributed by atoms with van der Waals surface area (Å²) in [5.74, 6) is -0.0994. The lowest BCUT2D eigenvalue weighted by Gasteiger charge is -2.25. The zero-order chi connectivity index (χ0) is 11.4. The molecule has 94 valence electrons. The second kappa shape index (κ2) is 6.59. The molecule has 1 amide bonds. The molecule has 3 N–H and O–H groups in total. The minimum atomic E-state index is -0.475. The van der Waals surface area contributed by atoms with Crippen molar-refractivity contribution in [3.05, 3.63) is 35.4 Å². The summed E-state index contributed by atoms with van der Waals surface area (Å²) in [6.07, 6.45) is 0.396. The molecular formula is C12H17ClN2O2. The molecule has 0 aromatic heterocycles. The number of hydrogen-bond donors (Lipinski definition) is 2. The monoisotopic (exact) mass is 256 g/mol. The number of carbonyl (C=O) groups excluding carboxylic acids is 1. The van der Waals surface area contributed by atoms with Gasteiger partial charge in [0.15, 0.2) is 6.10 Å². The topological polar surface area (TPSA) is 64.3 Å². The van der Waals surface area contributed by atoms with Crippen LogP contribution in [0.25, 0.3) is 0 Å². The Morgan fingerprint density at radius 1 is 1.47 bits per heavy atom. The summed E-state index contributed by atoms with van der Waals surface area (Å²) in [4.78, 5) is 11.8. The molecule has 1 aliphatic heterocycles. The van der Waals surface area contributed by atoms with Gasteiger partial charge in [0.2, 0.25) is 0 Å². The Kier molecular flexibility index (Phi) is 5.41. The average molecular weight is 257 g/mol. The van der Waals surface area contributed by atoms with Crippen LogP contribution in [0.5, 0.6) is 0 Å². The summed E-state index contributed by atoms with van der Waals surface area (Å²) in [5, 5.41) is 2.75. The van der Waals surface area contributed by atoms with E-state index in [1.165, 1.54) is 5.56 Å². The molecule has 0 saturated carbocycles. The number of halogens is 1. The Morgan fingerprint density at radius 2 is 2.24 bits per heavy atom. The van der Waals surface area contributed by atoms with Gasteiger partial charge in [-0.2, -0.15) is 0 Å². The van der Waals surface area contributed by atoms with Crippen molar-refractivity contribution in [3.63, 3.8) is 0 Å². The molecule has 0 spiro atoms. The maximum Gasteiger partial charge on any atom is 0.253 e. The van der Waals surface area contributed by atoms with E-state index in [1.54, 1.807) is 0 Å². The number of rotatable bonds is 3. The third kappa shape index (κ3) is 3.19. The van der Waals surface area contributed by atoms with Gasteiger partial charge in [0.25, 0.3) is 5.91 Å². The third-order valence-electron chi connectivity index (χ3n) is 2.68. The lowest BCUT2D eigenvalue weighted by atomic mass is 9.97. The van der Waals surface area contributed by atoms with Crippen LogP contribution in [-0.4, -0.2) is 25.6 Å². The maximum atomic E-state index is 11.8. The molecule has 1 aromatic carbocycles. The fourth-order valence-electron chi connectivity index (χ4n) is 1.90. The summed E-state index contributed by atoms with van der Waals surface area (Å²) in [6, 6.07) is 7.90. The van der Waals surface area contributed by atoms with Gasteiger partial charge in [0, 0.05) is 13.1 Å². The van der Waals surface area contributed by atoms with Gasteiger partial charge in [-0.3, -0.25) is 4.79 Å². The summed E-state index contributed by atoms with van der Waals surface area (Å²) in [6.45, 7) is 1.53. The van der Waals surface area contributed by atoms with E-state index in [1.807, 2.05) is 24.3 Å². The molecule has 1 aliphatic rings. The van der Waals surface area contributed by atoms with Crippen LogP contribution < -0.4 is 11.1 Å². The zero-order valence-electron chi connectivity index (χ0n) is 9.52. The first-order chi connectivity index (χ1) is 7.83. The summed E-state index contributed by atoms with van der Waals surface area (Å²) >= 11 is 0. The van der Waals surface area contributed by atoms with Gasteiger partial charge in [-0.15, -0.1) is 12.4 Å². The van der Waals surface area contributed by atoms with Crippen molar-refractivity contribution >= 4 is 18.3 Å². The molecule has 5 heteroatoms. The largest absolute Gasteiger partial charge is 0.363 e. The molecule has 1 aromatic rings. The van der Waals surface area contributed by atoms with Crippen LogP contribution in [0, 0.1) is 0 Å². The predicted octanol–water partition coefficient (Wildman–Crippen LogP) is 0.797. The Labute approximate surface area is 107 Å². The van der Waals surface area contributed by atoms with Crippen LogP contribution in [-0.2, 0) is 16.0 Å². The van der Waals surface area contributed by atoms with Crippen LogP contribution in [0.2, 0.25) is 0 Å². The lowest BCUT2D eigenvalue weighted by Crippen LogP contribution is -2.36. The van der Waals surface area contributed by atoms with E-state index in [0.717, 1.165) is 12.0 Å². The standard InChI is InChI=1S/C12H16N2O2.ClH/c13-6-7-14-12(15)11-10-4-2-1-3-9(10)5-8-16-11;/h1-4,11H,5-8,13H2,(H,14,15);1H.